The van der Waals surface area contributed by atoms with Gasteiger partial charge in [-0.05, 0) is 67.9 Å². The van der Waals surface area contributed by atoms with Crippen molar-refractivity contribution in [1.29, 1.82) is 0 Å². The van der Waals surface area contributed by atoms with E-state index in [1.165, 1.54) is 6.42 Å². The Morgan fingerprint density at radius 1 is 1.14 bits per heavy atom. The minimum atomic E-state index is -0.683. The Bertz CT molecular complexity index is 662. The molecule has 4 aliphatic carbocycles. The smallest absolute Gasteiger partial charge is 0.171 e. The molecule has 0 amide bonds. The molecule has 0 aromatic heterocycles. The molecule has 0 radical (unpaired) electrons. The highest BCUT2D eigenvalue weighted by molar-refractivity contribution is 5.45. The zero-order valence-corrected chi connectivity index (χ0v) is 18.2. The molecule has 0 spiro atoms. The van der Waals surface area contributed by atoms with E-state index >= 15 is 0 Å². The molecule has 4 heteroatoms. The minimum absolute atomic E-state index is 0.0650. The van der Waals surface area contributed by atoms with Crippen LogP contribution in [0.25, 0.3) is 0 Å². The Balaban J connectivity index is 1.59. The molecule has 1 saturated carbocycles. The van der Waals surface area contributed by atoms with E-state index in [2.05, 4.69) is 19.9 Å². The first kappa shape index (κ1) is 20.6. The van der Waals surface area contributed by atoms with Gasteiger partial charge in [-0.25, -0.2) is 0 Å². The van der Waals surface area contributed by atoms with Crippen molar-refractivity contribution in [3.8, 4) is 0 Å². The Hall–Kier alpha value is -0.680. The van der Waals surface area contributed by atoms with Gasteiger partial charge < -0.3 is 19.3 Å². The van der Waals surface area contributed by atoms with Crippen LogP contribution in [0.4, 0.5) is 0 Å². The van der Waals surface area contributed by atoms with E-state index in [0.29, 0.717) is 18.4 Å². The van der Waals surface area contributed by atoms with E-state index in [1.54, 1.807) is 30.9 Å². The molecule has 0 aromatic carbocycles. The molecular weight excluding hydrogens is 352 g/mol. The molecule has 4 rings (SSSR count). The van der Waals surface area contributed by atoms with Crippen LogP contribution in [-0.2, 0) is 14.2 Å². The van der Waals surface area contributed by atoms with Crippen LogP contribution in [0.2, 0.25) is 0 Å². The summed E-state index contributed by atoms with van der Waals surface area (Å²) in [5, 5.41) is 11.5. The lowest BCUT2D eigenvalue weighted by atomic mass is 9.56. The van der Waals surface area contributed by atoms with Crippen LogP contribution in [-0.4, -0.2) is 43.9 Å². The van der Waals surface area contributed by atoms with E-state index < -0.39 is 11.4 Å². The average molecular weight is 391 g/mol. The van der Waals surface area contributed by atoms with Gasteiger partial charge in [-0.15, -0.1) is 0 Å². The minimum Gasteiger partial charge on any atom is -0.387 e. The van der Waals surface area contributed by atoms with E-state index in [-0.39, 0.29) is 5.41 Å². The number of rotatable bonds is 6. The van der Waals surface area contributed by atoms with Crippen LogP contribution >= 0.6 is 0 Å². The van der Waals surface area contributed by atoms with Crippen LogP contribution in [0.5, 0.6) is 0 Å². The predicted molar refractivity (Wildman–Crippen MR) is 110 cm³/mol. The Labute approximate surface area is 170 Å². The van der Waals surface area contributed by atoms with E-state index in [9.17, 15) is 5.11 Å². The monoisotopic (exact) mass is 390 g/mol. The number of hydrogen-bond donors (Lipinski definition) is 1. The van der Waals surface area contributed by atoms with Gasteiger partial charge in [-0.3, -0.25) is 0 Å². The zero-order valence-electron chi connectivity index (χ0n) is 18.2. The largest absolute Gasteiger partial charge is 0.387 e. The lowest BCUT2D eigenvalue weighted by Gasteiger charge is -2.51. The van der Waals surface area contributed by atoms with Crippen molar-refractivity contribution in [2.75, 3.05) is 27.4 Å². The Morgan fingerprint density at radius 3 is 2.64 bits per heavy atom. The van der Waals surface area contributed by atoms with Gasteiger partial charge in [0.15, 0.2) is 5.79 Å². The Morgan fingerprint density at radius 2 is 1.93 bits per heavy atom. The number of aliphatic hydroxyl groups is 1. The van der Waals surface area contributed by atoms with Gasteiger partial charge in [0, 0.05) is 39.1 Å². The molecule has 0 aromatic rings. The van der Waals surface area contributed by atoms with Crippen molar-refractivity contribution in [2.45, 2.75) is 83.0 Å². The van der Waals surface area contributed by atoms with Gasteiger partial charge in [0.05, 0.1) is 12.2 Å². The van der Waals surface area contributed by atoms with Gasteiger partial charge in [0.1, 0.15) is 0 Å². The normalized spacial score (nSPS) is 39.2. The SMILES string of the molecule is CCCOC[C@]1(O)CC[C@H]2[C@@H]3CCC4=C(CCC(OC)(OC)C4)C3=CC[C@@]21C. The summed E-state index contributed by atoms with van der Waals surface area (Å²) in [6.07, 6.45) is 11.6. The van der Waals surface area contributed by atoms with Gasteiger partial charge in [-0.1, -0.05) is 25.5 Å². The molecule has 0 bridgehead atoms. The summed E-state index contributed by atoms with van der Waals surface area (Å²) in [5.74, 6) is 0.725. The summed E-state index contributed by atoms with van der Waals surface area (Å²) in [6.45, 7) is 5.67. The molecule has 0 aliphatic heterocycles. The van der Waals surface area contributed by atoms with Crippen LogP contribution in [0, 0.1) is 17.3 Å². The topological polar surface area (TPSA) is 47.9 Å². The molecule has 4 atom stereocenters. The maximum Gasteiger partial charge on any atom is 0.171 e. The second-order valence-corrected chi connectivity index (χ2v) is 9.73. The number of fused-ring (bicyclic) bond motifs is 4. The first-order valence-electron chi connectivity index (χ1n) is 11.2. The number of ether oxygens (including phenoxy) is 3. The summed E-state index contributed by atoms with van der Waals surface area (Å²) in [7, 11) is 3.54. The van der Waals surface area contributed by atoms with E-state index in [1.807, 2.05) is 0 Å². The van der Waals surface area contributed by atoms with Gasteiger partial charge >= 0.3 is 0 Å². The molecule has 4 nitrogen and oxygen atoms in total. The second kappa shape index (κ2) is 7.54. The maximum atomic E-state index is 11.5. The van der Waals surface area contributed by atoms with Crippen molar-refractivity contribution in [1.82, 2.24) is 0 Å². The van der Waals surface area contributed by atoms with Crippen molar-refractivity contribution < 1.29 is 19.3 Å². The summed E-state index contributed by atoms with van der Waals surface area (Å²) >= 11 is 0. The fourth-order valence-electron chi connectivity index (χ4n) is 6.71. The lowest BCUT2D eigenvalue weighted by Crippen LogP contribution is -2.51. The third kappa shape index (κ3) is 3.03. The first-order valence-corrected chi connectivity index (χ1v) is 11.2. The van der Waals surface area contributed by atoms with E-state index in [4.69, 9.17) is 14.2 Å². The highest BCUT2D eigenvalue weighted by atomic mass is 16.7. The summed E-state index contributed by atoms with van der Waals surface area (Å²) in [6, 6.07) is 0. The van der Waals surface area contributed by atoms with Crippen LogP contribution < -0.4 is 0 Å². The molecular formula is C24H38O4. The van der Waals surface area contributed by atoms with Crippen molar-refractivity contribution in [3.05, 3.63) is 22.8 Å². The zero-order chi connectivity index (χ0) is 20.0. The van der Waals surface area contributed by atoms with Crippen molar-refractivity contribution in [3.63, 3.8) is 0 Å². The lowest BCUT2D eigenvalue weighted by molar-refractivity contribution is -0.212. The quantitative estimate of drug-likeness (QED) is 0.524. The maximum absolute atomic E-state index is 11.5. The summed E-state index contributed by atoms with van der Waals surface area (Å²) in [4.78, 5) is 0. The highest BCUT2D eigenvalue weighted by Crippen LogP contribution is 2.62. The molecule has 28 heavy (non-hydrogen) atoms. The average Bonchev–Trinajstić information content (AvgIpc) is 2.98. The van der Waals surface area contributed by atoms with Crippen LogP contribution in [0.3, 0.4) is 0 Å². The molecule has 1 N–H and O–H groups in total. The van der Waals surface area contributed by atoms with Gasteiger partial charge in [0.25, 0.3) is 0 Å². The third-order valence-corrected chi connectivity index (χ3v) is 8.59. The van der Waals surface area contributed by atoms with Crippen LogP contribution in [0.15, 0.2) is 22.8 Å². The first-order chi connectivity index (χ1) is 13.4. The van der Waals surface area contributed by atoms with Crippen LogP contribution in [0.1, 0.15) is 71.6 Å². The number of hydrogen-bond acceptors (Lipinski definition) is 4. The molecule has 4 aliphatic rings. The van der Waals surface area contributed by atoms with E-state index in [0.717, 1.165) is 58.0 Å². The molecule has 0 heterocycles. The Kier molecular flexibility index (Phi) is 5.54. The molecule has 158 valence electrons. The summed E-state index contributed by atoms with van der Waals surface area (Å²) in [5.41, 5.74) is 3.96. The molecule has 0 saturated heterocycles. The number of allylic oxidation sites excluding steroid dienone is 3. The molecule has 0 unspecified atom stereocenters. The highest BCUT2D eigenvalue weighted by Gasteiger charge is 2.60. The second-order valence-electron chi connectivity index (χ2n) is 9.73. The van der Waals surface area contributed by atoms with Gasteiger partial charge in [0.2, 0.25) is 0 Å². The predicted octanol–water partition coefficient (Wildman–Crippen LogP) is 4.77. The third-order valence-electron chi connectivity index (χ3n) is 8.59. The van der Waals surface area contributed by atoms with Crippen molar-refractivity contribution in [2.24, 2.45) is 17.3 Å². The van der Waals surface area contributed by atoms with Crippen molar-refractivity contribution >= 4 is 0 Å². The summed E-state index contributed by atoms with van der Waals surface area (Å²) < 4.78 is 17.3. The molecule has 1 fully saturated rings. The number of methoxy groups -OCH3 is 2. The fraction of sp³-hybridized carbons (Fsp3) is 0.833. The standard InChI is InChI=1S/C24H38O4/c1-5-14-28-16-23(25)12-10-21-20-7-6-17-15-24(26-3,27-4)13-9-18(17)19(20)8-11-22(21,23)2/h8,20-21,25H,5-7,9-16H2,1-4H3/t20-,21+,22+,23-/m1/s1. The van der Waals surface area contributed by atoms with Gasteiger partial charge in [-0.2, -0.15) is 0 Å². The fourth-order valence-corrected chi connectivity index (χ4v) is 6.71.